The third-order valence-electron chi connectivity index (χ3n) is 3.69. The van der Waals surface area contributed by atoms with Crippen LogP contribution < -0.4 is 5.14 Å². The zero-order valence-corrected chi connectivity index (χ0v) is 9.85. The van der Waals surface area contributed by atoms with Gasteiger partial charge in [0.2, 0.25) is 0 Å². The van der Waals surface area contributed by atoms with Crippen molar-refractivity contribution < 1.29 is 0 Å². The second kappa shape index (κ2) is 2.82. The third-order valence-corrected chi connectivity index (χ3v) is 12.6. The molecular formula is C9H21NS2. The van der Waals surface area contributed by atoms with E-state index in [4.69, 9.17) is 5.14 Å². The standard InChI is InChI=1S/C9H21NS2/c1-9(2)11-3-6-12(10,7-4-11)8-5-11/h9H,3-8,10H2,1-2H3. The maximum absolute atomic E-state index is 6.35. The molecule has 0 saturated carbocycles. The van der Waals surface area contributed by atoms with Crippen LogP contribution in [-0.4, -0.2) is 39.8 Å². The fraction of sp³-hybridized carbons (Fsp3) is 1.00. The van der Waals surface area contributed by atoms with E-state index in [1.165, 1.54) is 34.5 Å². The van der Waals surface area contributed by atoms with Gasteiger partial charge in [-0.15, -0.1) is 0 Å². The minimum Gasteiger partial charge on any atom is -0.294 e. The third kappa shape index (κ3) is 1.30. The molecule has 0 aromatic carbocycles. The first-order chi connectivity index (χ1) is 5.56. The van der Waals surface area contributed by atoms with E-state index in [0.29, 0.717) is 0 Å². The minimum atomic E-state index is -0.563. The number of rotatable bonds is 1. The Hall–Kier alpha value is 0.660. The maximum atomic E-state index is 6.35. The maximum Gasteiger partial charge on any atom is -0.00349 e. The molecule has 3 heteroatoms. The molecule has 2 N–H and O–H groups in total. The highest BCUT2D eigenvalue weighted by molar-refractivity contribution is 8.41. The van der Waals surface area contributed by atoms with Crippen molar-refractivity contribution in [2.24, 2.45) is 5.14 Å². The van der Waals surface area contributed by atoms with Gasteiger partial charge in [-0.1, -0.05) is 13.8 Å². The summed E-state index contributed by atoms with van der Waals surface area (Å²) in [6, 6.07) is 0. The van der Waals surface area contributed by atoms with Gasteiger partial charge in [-0.2, -0.15) is 10.2 Å². The predicted molar refractivity (Wildman–Crippen MR) is 63.7 cm³/mol. The Bertz CT molecular complexity index is 166. The summed E-state index contributed by atoms with van der Waals surface area (Å²) in [5, 5.41) is 7.31. The first-order valence-corrected chi connectivity index (χ1v) is 9.27. The minimum absolute atomic E-state index is 0.184. The van der Waals surface area contributed by atoms with Gasteiger partial charge in [0.05, 0.1) is 0 Å². The zero-order chi connectivity index (χ0) is 8.82. The average molecular weight is 207 g/mol. The second-order valence-corrected chi connectivity index (χ2v) is 12.3. The molecule has 3 rings (SSSR count). The summed E-state index contributed by atoms with van der Waals surface area (Å²) in [5.41, 5.74) is 0. The summed E-state index contributed by atoms with van der Waals surface area (Å²) in [6.45, 7) is 4.86. The number of hydrogen-bond acceptors (Lipinski definition) is 1. The van der Waals surface area contributed by atoms with Crippen LogP contribution in [0.15, 0.2) is 0 Å². The number of nitrogens with two attached hydrogens (primary N) is 1. The van der Waals surface area contributed by atoms with Crippen molar-refractivity contribution in [3.8, 4) is 0 Å². The van der Waals surface area contributed by atoms with Crippen molar-refractivity contribution in [3.05, 3.63) is 0 Å². The van der Waals surface area contributed by atoms with Gasteiger partial charge in [0.15, 0.2) is 0 Å². The van der Waals surface area contributed by atoms with Crippen LogP contribution in [-0.2, 0) is 0 Å². The fourth-order valence-corrected chi connectivity index (χ4v) is 12.9. The lowest BCUT2D eigenvalue weighted by Gasteiger charge is -2.60. The van der Waals surface area contributed by atoms with Gasteiger partial charge < -0.3 is 0 Å². The van der Waals surface area contributed by atoms with Crippen LogP contribution in [0.25, 0.3) is 0 Å². The SMILES string of the molecule is CC(C)S12CCS(N)(CC1)CC2. The monoisotopic (exact) mass is 207 g/mol. The molecule has 0 aliphatic carbocycles. The molecule has 0 spiro atoms. The van der Waals surface area contributed by atoms with Gasteiger partial charge in [-0.25, -0.2) is 10.0 Å². The summed E-state index contributed by atoms with van der Waals surface area (Å²) in [7, 11) is -0.746. The lowest BCUT2D eigenvalue weighted by Crippen LogP contribution is -2.45. The topological polar surface area (TPSA) is 26.0 Å². The summed E-state index contributed by atoms with van der Waals surface area (Å²) in [4.78, 5) is 0. The van der Waals surface area contributed by atoms with Crippen molar-refractivity contribution in [3.63, 3.8) is 0 Å². The van der Waals surface area contributed by atoms with Crippen molar-refractivity contribution in [1.82, 2.24) is 0 Å². The molecule has 3 aliphatic heterocycles. The first-order valence-electron chi connectivity index (χ1n) is 4.86. The molecule has 12 heavy (non-hydrogen) atoms. The van der Waals surface area contributed by atoms with Gasteiger partial charge in [0.25, 0.3) is 0 Å². The van der Waals surface area contributed by atoms with Crippen LogP contribution in [0.4, 0.5) is 0 Å². The van der Waals surface area contributed by atoms with Gasteiger partial charge in [0, 0.05) is 0 Å². The van der Waals surface area contributed by atoms with E-state index >= 15 is 0 Å². The zero-order valence-electron chi connectivity index (χ0n) is 8.21. The molecule has 0 unspecified atom stereocenters. The molecule has 3 fully saturated rings. The Morgan fingerprint density at radius 1 is 0.917 bits per heavy atom. The van der Waals surface area contributed by atoms with Crippen LogP contribution in [0.2, 0.25) is 0 Å². The van der Waals surface area contributed by atoms with Crippen molar-refractivity contribution in [2.45, 2.75) is 19.1 Å². The smallest absolute Gasteiger partial charge is 0.00349 e. The van der Waals surface area contributed by atoms with E-state index < -0.39 is 10.2 Å². The highest BCUT2D eigenvalue weighted by Crippen LogP contribution is 2.66. The Balaban J connectivity index is 2.14. The van der Waals surface area contributed by atoms with E-state index in [2.05, 4.69) is 13.8 Å². The average Bonchev–Trinajstić information content (AvgIpc) is 2.06. The van der Waals surface area contributed by atoms with Gasteiger partial charge in [-0.05, 0) is 39.8 Å². The Labute approximate surface area is 79.2 Å². The van der Waals surface area contributed by atoms with Gasteiger partial charge in [0.1, 0.15) is 0 Å². The molecule has 2 bridgehead atoms. The van der Waals surface area contributed by atoms with E-state index in [0.717, 1.165) is 5.25 Å². The molecular weight excluding hydrogens is 186 g/mol. The summed E-state index contributed by atoms with van der Waals surface area (Å²) in [6.07, 6.45) is 0. The molecule has 1 nitrogen and oxygen atoms in total. The molecule has 0 aromatic heterocycles. The summed E-state index contributed by atoms with van der Waals surface area (Å²) >= 11 is 0. The van der Waals surface area contributed by atoms with Crippen LogP contribution >= 0.6 is 20.2 Å². The molecule has 3 aliphatic rings. The fourth-order valence-electron chi connectivity index (χ4n) is 2.32. The summed E-state index contributed by atoms with van der Waals surface area (Å²) in [5.74, 6) is 8.74. The van der Waals surface area contributed by atoms with E-state index in [1.54, 1.807) is 0 Å². The molecule has 0 atom stereocenters. The largest absolute Gasteiger partial charge is 0.294 e. The van der Waals surface area contributed by atoms with Crippen LogP contribution in [0.1, 0.15) is 13.8 Å². The first kappa shape index (κ1) is 9.22. The quantitative estimate of drug-likeness (QED) is 0.698. The predicted octanol–water partition coefficient (Wildman–Crippen LogP) is 1.90. The van der Waals surface area contributed by atoms with Gasteiger partial charge >= 0.3 is 0 Å². The lowest BCUT2D eigenvalue weighted by molar-refractivity contribution is 1.04. The van der Waals surface area contributed by atoms with Crippen molar-refractivity contribution in [2.75, 3.05) is 34.5 Å². The second-order valence-electron chi connectivity index (χ2n) is 4.50. The Kier molecular flexibility index (Phi) is 2.17. The molecule has 0 aromatic rings. The van der Waals surface area contributed by atoms with E-state index in [9.17, 15) is 0 Å². The Morgan fingerprint density at radius 3 is 1.67 bits per heavy atom. The van der Waals surface area contributed by atoms with Crippen LogP contribution in [0, 0.1) is 0 Å². The molecule has 0 amide bonds. The van der Waals surface area contributed by atoms with Crippen molar-refractivity contribution >= 4 is 20.2 Å². The van der Waals surface area contributed by atoms with Gasteiger partial charge in [-0.3, -0.25) is 5.14 Å². The van der Waals surface area contributed by atoms with E-state index in [1.807, 2.05) is 0 Å². The molecule has 74 valence electrons. The molecule has 3 heterocycles. The van der Waals surface area contributed by atoms with Crippen LogP contribution in [0.3, 0.4) is 0 Å². The highest BCUT2D eigenvalue weighted by atomic mass is 32.3. The number of hydrogen-bond donors (Lipinski definition) is 1. The molecule has 3 saturated heterocycles. The van der Waals surface area contributed by atoms with Crippen LogP contribution in [0.5, 0.6) is 0 Å². The van der Waals surface area contributed by atoms with E-state index in [-0.39, 0.29) is 10.0 Å². The van der Waals surface area contributed by atoms with Crippen molar-refractivity contribution in [1.29, 1.82) is 0 Å². The lowest BCUT2D eigenvalue weighted by atomic mass is 10.6. The number of fused-ring (bicyclic) bond motifs is 3. The normalized spacial score (nSPS) is 57.7. The summed E-state index contributed by atoms with van der Waals surface area (Å²) < 4.78 is 0. The Morgan fingerprint density at radius 2 is 1.33 bits per heavy atom. The molecule has 0 radical (unpaired) electrons. The highest BCUT2D eigenvalue weighted by Gasteiger charge is 2.41.